The summed E-state index contributed by atoms with van der Waals surface area (Å²) < 4.78 is 10.9. The highest BCUT2D eigenvalue weighted by Gasteiger charge is 2.28. The van der Waals surface area contributed by atoms with Crippen LogP contribution in [0, 0.1) is 11.8 Å². The number of carbonyl (C=O) groups is 1. The molecule has 0 saturated heterocycles. The molecule has 1 fully saturated rings. The maximum atomic E-state index is 13.2. The number of amides is 1. The minimum absolute atomic E-state index is 0.0364. The summed E-state index contributed by atoms with van der Waals surface area (Å²) in [6.07, 6.45) is 6.38. The van der Waals surface area contributed by atoms with Gasteiger partial charge in [-0.25, -0.2) is 4.98 Å². The lowest BCUT2D eigenvalue weighted by molar-refractivity contribution is -0.127. The first-order valence-corrected chi connectivity index (χ1v) is 11.7. The number of imidazole rings is 1. The van der Waals surface area contributed by atoms with Crippen molar-refractivity contribution >= 4 is 5.91 Å². The van der Waals surface area contributed by atoms with Gasteiger partial charge in [0.2, 0.25) is 12.7 Å². The van der Waals surface area contributed by atoms with Crippen LogP contribution in [-0.4, -0.2) is 29.2 Å². The zero-order valence-electron chi connectivity index (χ0n) is 18.6. The second-order valence-corrected chi connectivity index (χ2v) is 8.94. The van der Waals surface area contributed by atoms with Crippen LogP contribution in [-0.2, 0) is 11.2 Å². The lowest BCUT2D eigenvalue weighted by atomic mass is 9.81. The first-order valence-electron chi connectivity index (χ1n) is 11.7. The molecule has 3 aromatic rings. The third-order valence-corrected chi connectivity index (χ3v) is 6.75. The highest BCUT2D eigenvalue weighted by Crippen LogP contribution is 2.36. The van der Waals surface area contributed by atoms with Crippen molar-refractivity contribution in [2.75, 3.05) is 13.3 Å². The molecule has 1 saturated carbocycles. The number of ether oxygens (including phenoxy) is 2. The fraction of sp³-hybridized carbons (Fsp3) is 0.385. The Balaban J connectivity index is 1.35. The quantitative estimate of drug-likeness (QED) is 0.510. The van der Waals surface area contributed by atoms with Crippen LogP contribution in [0.4, 0.5) is 0 Å². The highest BCUT2D eigenvalue weighted by molar-refractivity contribution is 5.79. The largest absolute Gasteiger partial charge is 0.454 e. The van der Waals surface area contributed by atoms with Gasteiger partial charge in [0.25, 0.3) is 0 Å². The number of aromatic amines is 1. The van der Waals surface area contributed by atoms with Crippen molar-refractivity contribution in [1.82, 2.24) is 15.3 Å². The second-order valence-electron chi connectivity index (χ2n) is 8.94. The zero-order valence-corrected chi connectivity index (χ0v) is 18.6. The zero-order chi connectivity index (χ0) is 22.6. The van der Waals surface area contributed by atoms with Gasteiger partial charge in [-0.2, -0.15) is 0 Å². The average molecular weight is 447 g/mol. The van der Waals surface area contributed by atoms with Crippen LogP contribution in [0.2, 0.25) is 0 Å². The van der Waals surface area contributed by atoms with Crippen LogP contribution in [0.25, 0.3) is 11.3 Å². The van der Waals surface area contributed by atoms with Gasteiger partial charge in [-0.05, 0) is 68.3 Å². The Bertz CT molecular complexity index is 1090. The van der Waals surface area contributed by atoms with Crippen LogP contribution in [0.1, 0.15) is 43.1 Å². The first kappa shape index (κ1) is 21.5. The minimum atomic E-state index is -0.241. The molecule has 2 aromatic carbocycles. The normalized spacial score (nSPS) is 20.4. The van der Waals surface area contributed by atoms with Crippen LogP contribution >= 0.6 is 0 Å². The van der Waals surface area contributed by atoms with Gasteiger partial charge in [0.05, 0.1) is 11.7 Å². The predicted molar refractivity (Wildman–Crippen MR) is 126 cm³/mol. The Hall–Kier alpha value is -3.32. The summed E-state index contributed by atoms with van der Waals surface area (Å²) in [7, 11) is 0. The summed E-state index contributed by atoms with van der Waals surface area (Å²) in [5, 5.41) is 3.28. The van der Waals surface area contributed by atoms with Crippen molar-refractivity contribution in [2.45, 2.75) is 38.1 Å². The molecular weight excluding hydrogens is 416 g/mol. The van der Waals surface area contributed by atoms with E-state index in [1.807, 2.05) is 42.6 Å². The van der Waals surface area contributed by atoms with E-state index in [0.717, 1.165) is 59.8 Å². The van der Waals surface area contributed by atoms with E-state index < -0.39 is 0 Å². The molecular formula is C26H30N4O3. The number of H-pyrrole nitrogens is 1. The predicted octanol–water partition coefficient (Wildman–Crippen LogP) is 3.97. The summed E-state index contributed by atoms with van der Waals surface area (Å²) in [4.78, 5) is 21.3. The number of hydrogen-bond donors (Lipinski definition) is 3. The molecule has 2 aliphatic rings. The Morgan fingerprint density at radius 1 is 1.09 bits per heavy atom. The van der Waals surface area contributed by atoms with E-state index in [9.17, 15) is 4.79 Å². The fourth-order valence-electron chi connectivity index (χ4n) is 4.73. The second kappa shape index (κ2) is 9.67. The topological polar surface area (TPSA) is 102 Å². The molecule has 7 nitrogen and oxygen atoms in total. The molecule has 1 aliphatic heterocycles. The van der Waals surface area contributed by atoms with E-state index in [1.54, 1.807) is 0 Å². The van der Waals surface area contributed by atoms with Crippen LogP contribution in [0.3, 0.4) is 0 Å². The lowest BCUT2D eigenvalue weighted by Crippen LogP contribution is -2.37. The van der Waals surface area contributed by atoms with E-state index in [-0.39, 0.29) is 24.7 Å². The van der Waals surface area contributed by atoms with E-state index in [2.05, 4.69) is 22.4 Å². The number of nitrogens with two attached hydrogens (primary N) is 1. The van der Waals surface area contributed by atoms with E-state index in [0.29, 0.717) is 18.9 Å². The van der Waals surface area contributed by atoms with Gasteiger partial charge in [0, 0.05) is 17.7 Å². The Morgan fingerprint density at radius 2 is 1.88 bits per heavy atom. The fourth-order valence-corrected chi connectivity index (χ4v) is 4.73. The number of fused-ring (bicyclic) bond motifs is 1. The molecule has 7 heteroatoms. The molecule has 0 spiro atoms. The molecule has 33 heavy (non-hydrogen) atoms. The van der Waals surface area contributed by atoms with Crippen molar-refractivity contribution in [3.8, 4) is 22.8 Å². The van der Waals surface area contributed by atoms with Gasteiger partial charge >= 0.3 is 0 Å². The third-order valence-electron chi connectivity index (χ3n) is 6.75. The van der Waals surface area contributed by atoms with Crippen molar-refractivity contribution in [1.29, 1.82) is 0 Å². The molecule has 2 heterocycles. The molecule has 4 N–H and O–H groups in total. The summed E-state index contributed by atoms with van der Waals surface area (Å²) in [6, 6.07) is 15.7. The molecule has 1 amide bonds. The molecule has 1 aliphatic carbocycles. The Kier molecular flexibility index (Phi) is 6.30. The molecule has 0 bridgehead atoms. The monoisotopic (exact) mass is 446 g/mol. The molecule has 1 aromatic heterocycles. The van der Waals surface area contributed by atoms with E-state index >= 15 is 0 Å². The number of hydrogen-bond acceptors (Lipinski definition) is 5. The average Bonchev–Trinajstić information content (AvgIpc) is 3.54. The molecule has 172 valence electrons. The van der Waals surface area contributed by atoms with Crippen LogP contribution < -0.4 is 20.5 Å². The Labute approximate surface area is 193 Å². The summed E-state index contributed by atoms with van der Waals surface area (Å²) in [5.74, 6) is 2.90. The summed E-state index contributed by atoms with van der Waals surface area (Å²) in [5.41, 5.74) is 8.71. The number of carbonyl (C=O) groups excluding carboxylic acids is 1. The lowest BCUT2D eigenvalue weighted by Gasteiger charge is -2.28. The number of aromatic nitrogens is 2. The minimum Gasteiger partial charge on any atom is -0.454 e. The van der Waals surface area contributed by atoms with E-state index in [4.69, 9.17) is 20.2 Å². The van der Waals surface area contributed by atoms with Crippen molar-refractivity contribution in [3.05, 3.63) is 66.1 Å². The first-order chi connectivity index (χ1) is 16.2. The summed E-state index contributed by atoms with van der Waals surface area (Å²) in [6.45, 7) is 0.947. The molecule has 1 atom stereocenters. The Morgan fingerprint density at radius 3 is 2.67 bits per heavy atom. The maximum absolute atomic E-state index is 13.2. The maximum Gasteiger partial charge on any atom is 0.231 e. The van der Waals surface area contributed by atoms with Gasteiger partial charge < -0.3 is 25.5 Å². The van der Waals surface area contributed by atoms with Crippen LogP contribution in [0.15, 0.2) is 54.7 Å². The third kappa shape index (κ3) is 4.88. The van der Waals surface area contributed by atoms with Gasteiger partial charge in [-0.15, -0.1) is 0 Å². The summed E-state index contributed by atoms with van der Waals surface area (Å²) >= 11 is 0. The number of rotatable bonds is 7. The number of nitrogens with one attached hydrogen (secondary N) is 2. The SMILES string of the molecule is NCC1CCC(C(=O)N[C@@H](Cc2ccccc2)c2nc(-c3ccc4c(c3)OCO4)c[nH]2)CC1. The molecule has 5 rings (SSSR count). The van der Waals surface area contributed by atoms with Gasteiger partial charge in [0.15, 0.2) is 11.5 Å². The van der Waals surface area contributed by atoms with E-state index in [1.165, 1.54) is 0 Å². The smallest absolute Gasteiger partial charge is 0.231 e. The number of benzene rings is 2. The highest BCUT2D eigenvalue weighted by atomic mass is 16.7. The molecule has 0 unspecified atom stereocenters. The van der Waals surface area contributed by atoms with Gasteiger partial charge in [-0.3, -0.25) is 4.79 Å². The van der Waals surface area contributed by atoms with Crippen molar-refractivity contribution in [3.63, 3.8) is 0 Å². The van der Waals surface area contributed by atoms with Gasteiger partial charge in [-0.1, -0.05) is 30.3 Å². The van der Waals surface area contributed by atoms with Gasteiger partial charge in [0.1, 0.15) is 5.82 Å². The van der Waals surface area contributed by atoms with Crippen LogP contribution in [0.5, 0.6) is 11.5 Å². The number of nitrogens with zero attached hydrogens (tertiary/aromatic N) is 1. The van der Waals surface area contributed by atoms with Crippen molar-refractivity contribution < 1.29 is 14.3 Å². The molecule has 0 radical (unpaired) electrons. The standard InChI is InChI=1S/C26H30N4O3/c27-14-18-6-8-19(9-7-18)26(31)30-21(12-17-4-2-1-3-5-17)25-28-15-22(29-25)20-10-11-23-24(13-20)33-16-32-23/h1-5,10-11,13,15,18-19,21H,6-9,12,14,16,27H2,(H,28,29)(H,30,31)/t18?,19?,21-/m0/s1. The van der Waals surface area contributed by atoms with Crippen molar-refractivity contribution in [2.24, 2.45) is 17.6 Å².